The van der Waals surface area contributed by atoms with Crippen LogP contribution in [-0.2, 0) is 11.2 Å². The Kier molecular flexibility index (Phi) is 5.28. The van der Waals surface area contributed by atoms with Crippen molar-refractivity contribution in [3.63, 3.8) is 0 Å². The largest absolute Gasteiger partial charge is 0.311 e. The molecule has 1 aliphatic carbocycles. The zero-order valence-corrected chi connectivity index (χ0v) is 16.6. The van der Waals surface area contributed by atoms with Crippen LogP contribution in [-0.4, -0.2) is 25.5 Å². The van der Waals surface area contributed by atoms with E-state index < -0.39 is 0 Å². The number of aromatic nitrogens is 4. The first kappa shape index (κ1) is 18.5. The number of carbonyl (C=O) groups is 1. The van der Waals surface area contributed by atoms with Gasteiger partial charge in [0.05, 0.1) is 23.6 Å². The lowest BCUT2D eigenvalue weighted by Crippen LogP contribution is -2.18. The number of hydrogen-bond donors (Lipinski definition) is 1. The molecule has 2 aromatic heterocycles. The molecule has 0 radical (unpaired) electrons. The Bertz CT molecular complexity index is 951. The van der Waals surface area contributed by atoms with Crippen LogP contribution in [0.25, 0.3) is 5.69 Å². The van der Waals surface area contributed by atoms with Gasteiger partial charge in [0.15, 0.2) is 0 Å². The van der Waals surface area contributed by atoms with Gasteiger partial charge in [0.2, 0.25) is 5.91 Å². The van der Waals surface area contributed by atoms with Crippen molar-refractivity contribution in [2.24, 2.45) is 0 Å². The SMILES string of the molecule is Cc1nn(-c2ccccc2)c(C)c1CCC(=O)Nc1ccnn1C1CCCC1. The van der Waals surface area contributed by atoms with Gasteiger partial charge in [-0.1, -0.05) is 31.0 Å². The summed E-state index contributed by atoms with van der Waals surface area (Å²) < 4.78 is 3.94. The average Bonchev–Trinajstić information content (AvgIpc) is 3.42. The van der Waals surface area contributed by atoms with Crippen LogP contribution >= 0.6 is 0 Å². The Balaban J connectivity index is 1.42. The molecule has 1 aromatic carbocycles. The van der Waals surface area contributed by atoms with E-state index in [9.17, 15) is 4.79 Å². The minimum atomic E-state index is 0.0195. The molecule has 1 N–H and O–H groups in total. The van der Waals surface area contributed by atoms with E-state index >= 15 is 0 Å². The third kappa shape index (κ3) is 3.72. The van der Waals surface area contributed by atoms with Crippen LogP contribution in [0.1, 0.15) is 55.1 Å². The molecule has 2 heterocycles. The van der Waals surface area contributed by atoms with Gasteiger partial charge >= 0.3 is 0 Å². The lowest BCUT2D eigenvalue weighted by molar-refractivity contribution is -0.116. The van der Waals surface area contributed by atoms with Gasteiger partial charge in [-0.25, -0.2) is 9.36 Å². The third-order valence-corrected chi connectivity index (χ3v) is 5.65. The first-order chi connectivity index (χ1) is 13.6. The quantitative estimate of drug-likeness (QED) is 0.694. The second-order valence-corrected chi connectivity index (χ2v) is 7.54. The predicted octanol–water partition coefficient (Wildman–Crippen LogP) is 4.37. The Morgan fingerprint density at radius 2 is 1.89 bits per heavy atom. The standard InChI is InChI=1S/C22H27N5O/c1-16-20(17(2)26(25-16)18-8-4-3-5-9-18)12-13-22(28)24-21-14-15-23-27(21)19-10-6-7-11-19/h3-5,8-9,14-15,19H,6-7,10-13H2,1-2H3,(H,24,28). The van der Waals surface area contributed by atoms with Crippen LogP contribution in [0.2, 0.25) is 0 Å². The van der Waals surface area contributed by atoms with Crippen molar-refractivity contribution in [3.05, 3.63) is 59.5 Å². The molecule has 1 aliphatic rings. The van der Waals surface area contributed by atoms with Crippen LogP contribution in [0.4, 0.5) is 5.82 Å². The molecule has 0 bridgehead atoms. The molecule has 1 saturated carbocycles. The molecule has 146 valence electrons. The molecule has 3 aromatic rings. The molecular formula is C22H27N5O. The van der Waals surface area contributed by atoms with E-state index in [1.165, 1.54) is 12.8 Å². The fourth-order valence-corrected chi connectivity index (χ4v) is 4.15. The number of benzene rings is 1. The van der Waals surface area contributed by atoms with Crippen molar-refractivity contribution in [1.29, 1.82) is 0 Å². The molecule has 0 aliphatic heterocycles. The van der Waals surface area contributed by atoms with E-state index in [0.29, 0.717) is 18.9 Å². The van der Waals surface area contributed by atoms with E-state index in [-0.39, 0.29) is 5.91 Å². The zero-order valence-electron chi connectivity index (χ0n) is 16.6. The summed E-state index contributed by atoms with van der Waals surface area (Å²) in [4.78, 5) is 12.6. The van der Waals surface area contributed by atoms with E-state index in [2.05, 4.69) is 22.4 Å². The van der Waals surface area contributed by atoms with E-state index in [0.717, 1.165) is 41.3 Å². The predicted molar refractivity (Wildman–Crippen MR) is 110 cm³/mol. The Labute approximate surface area is 165 Å². The van der Waals surface area contributed by atoms with Gasteiger partial charge in [-0.2, -0.15) is 10.2 Å². The average molecular weight is 377 g/mol. The summed E-state index contributed by atoms with van der Waals surface area (Å²) in [6.07, 6.45) is 7.63. The van der Waals surface area contributed by atoms with E-state index in [1.807, 2.05) is 52.7 Å². The number of rotatable bonds is 6. The van der Waals surface area contributed by atoms with Crippen LogP contribution in [0.15, 0.2) is 42.6 Å². The van der Waals surface area contributed by atoms with E-state index in [1.54, 1.807) is 6.20 Å². The Morgan fingerprint density at radius 1 is 1.14 bits per heavy atom. The number of nitrogens with one attached hydrogen (secondary N) is 1. The van der Waals surface area contributed by atoms with E-state index in [4.69, 9.17) is 0 Å². The van der Waals surface area contributed by atoms with Crippen molar-refractivity contribution >= 4 is 11.7 Å². The lowest BCUT2D eigenvalue weighted by Gasteiger charge is -2.14. The number of hydrogen-bond acceptors (Lipinski definition) is 3. The van der Waals surface area contributed by atoms with Gasteiger partial charge in [-0.3, -0.25) is 4.79 Å². The van der Waals surface area contributed by atoms with Gasteiger partial charge in [-0.15, -0.1) is 0 Å². The highest BCUT2D eigenvalue weighted by Gasteiger charge is 2.21. The number of aryl methyl sites for hydroxylation is 1. The molecule has 6 heteroatoms. The number of carbonyl (C=O) groups excluding carboxylic acids is 1. The molecule has 0 unspecified atom stereocenters. The minimum absolute atomic E-state index is 0.0195. The monoisotopic (exact) mass is 377 g/mol. The topological polar surface area (TPSA) is 64.7 Å². The molecule has 0 spiro atoms. The number of para-hydroxylation sites is 1. The number of anilines is 1. The summed E-state index contributed by atoms with van der Waals surface area (Å²) >= 11 is 0. The van der Waals surface area contributed by atoms with Crippen molar-refractivity contribution in [3.8, 4) is 5.69 Å². The van der Waals surface area contributed by atoms with Crippen LogP contribution in [0.3, 0.4) is 0 Å². The van der Waals surface area contributed by atoms with Crippen LogP contribution < -0.4 is 5.32 Å². The van der Waals surface area contributed by atoms with Crippen LogP contribution in [0, 0.1) is 13.8 Å². The lowest BCUT2D eigenvalue weighted by atomic mass is 10.1. The first-order valence-corrected chi connectivity index (χ1v) is 10.1. The molecule has 0 atom stereocenters. The molecule has 4 rings (SSSR count). The Morgan fingerprint density at radius 3 is 2.64 bits per heavy atom. The molecule has 0 saturated heterocycles. The molecule has 1 amide bonds. The molecule has 1 fully saturated rings. The van der Waals surface area contributed by atoms with Crippen molar-refractivity contribution in [1.82, 2.24) is 19.6 Å². The maximum absolute atomic E-state index is 12.6. The summed E-state index contributed by atoms with van der Waals surface area (Å²) in [7, 11) is 0. The summed E-state index contributed by atoms with van der Waals surface area (Å²) in [6.45, 7) is 4.07. The highest BCUT2D eigenvalue weighted by Crippen LogP contribution is 2.31. The maximum Gasteiger partial charge on any atom is 0.225 e. The Hall–Kier alpha value is -2.89. The molecule has 6 nitrogen and oxygen atoms in total. The van der Waals surface area contributed by atoms with Crippen molar-refractivity contribution < 1.29 is 4.79 Å². The minimum Gasteiger partial charge on any atom is -0.311 e. The van der Waals surface area contributed by atoms with Gasteiger partial charge in [0.1, 0.15) is 5.82 Å². The molecule has 28 heavy (non-hydrogen) atoms. The second kappa shape index (κ2) is 8.00. The fraction of sp³-hybridized carbons (Fsp3) is 0.409. The summed E-state index contributed by atoms with van der Waals surface area (Å²) in [6, 6.07) is 12.4. The second-order valence-electron chi connectivity index (χ2n) is 7.54. The highest BCUT2D eigenvalue weighted by molar-refractivity contribution is 5.90. The molecular weight excluding hydrogens is 350 g/mol. The fourth-order valence-electron chi connectivity index (χ4n) is 4.15. The normalized spacial score (nSPS) is 14.5. The van der Waals surface area contributed by atoms with Gasteiger partial charge in [0.25, 0.3) is 0 Å². The summed E-state index contributed by atoms with van der Waals surface area (Å²) in [5.41, 5.74) is 4.25. The van der Waals surface area contributed by atoms with Gasteiger partial charge < -0.3 is 5.32 Å². The van der Waals surface area contributed by atoms with Crippen LogP contribution in [0.5, 0.6) is 0 Å². The highest BCUT2D eigenvalue weighted by atomic mass is 16.1. The summed E-state index contributed by atoms with van der Waals surface area (Å²) in [5, 5.41) is 12.1. The zero-order chi connectivity index (χ0) is 19.5. The van der Waals surface area contributed by atoms with Crippen molar-refractivity contribution in [2.75, 3.05) is 5.32 Å². The summed E-state index contributed by atoms with van der Waals surface area (Å²) in [5.74, 6) is 0.830. The van der Waals surface area contributed by atoms with Crippen molar-refractivity contribution in [2.45, 2.75) is 58.4 Å². The maximum atomic E-state index is 12.6. The number of amides is 1. The number of nitrogens with zero attached hydrogens (tertiary/aromatic N) is 4. The van der Waals surface area contributed by atoms with Gasteiger partial charge in [-0.05, 0) is 50.8 Å². The first-order valence-electron chi connectivity index (χ1n) is 10.1. The smallest absolute Gasteiger partial charge is 0.225 e. The third-order valence-electron chi connectivity index (χ3n) is 5.65. The van der Waals surface area contributed by atoms with Gasteiger partial charge in [0, 0.05) is 18.2 Å².